The van der Waals surface area contributed by atoms with Gasteiger partial charge < -0.3 is 20.6 Å². The van der Waals surface area contributed by atoms with Crippen LogP contribution in [-0.2, 0) is 58.1 Å². The Morgan fingerprint density at radius 1 is 0.429 bits per heavy atom. The summed E-state index contributed by atoms with van der Waals surface area (Å²) in [6.07, 6.45) is -0.402. The van der Waals surface area contributed by atoms with Gasteiger partial charge in [0.25, 0.3) is 63.4 Å². The van der Waals surface area contributed by atoms with Crippen molar-refractivity contribution in [3.8, 4) is 0 Å². The molecule has 0 aliphatic rings. The molecule has 0 atom stereocenters. The highest BCUT2D eigenvalue weighted by molar-refractivity contribution is 7.87. The van der Waals surface area contributed by atoms with Gasteiger partial charge in [-0.05, 0) is 113 Å². The number of hydrogen-bond donors (Lipinski definition) is 8. The average molecular weight is 1120 g/mol. The second kappa shape index (κ2) is 18.6. The van der Waals surface area contributed by atoms with Crippen molar-refractivity contribution in [1.82, 2.24) is 9.97 Å². The Bertz CT molecular complexity index is 4940. The number of aryl methyl sites for hydroxylation is 1. The molecule has 0 saturated carbocycles. The minimum absolute atomic E-state index is 0.0251. The minimum Gasteiger partial charge on any atom is -0.321 e. The van der Waals surface area contributed by atoms with E-state index in [1.165, 1.54) is 67.6 Å². The van der Waals surface area contributed by atoms with Crippen LogP contribution in [-0.4, -0.2) is 79.4 Å². The normalized spacial score (nSPS) is 12.5. The maximum atomic E-state index is 14.2. The summed E-state index contributed by atoms with van der Waals surface area (Å²) in [5.74, 6) is -2.03. The molecule has 21 nitrogen and oxygen atoms in total. The third-order valence-electron chi connectivity index (χ3n) is 12.9. The number of fused-ring (bicyclic) bond motifs is 8. The molecule has 2 aromatic heterocycles. The molecule has 10 rings (SSSR count). The van der Waals surface area contributed by atoms with Gasteiger partial charge in [0, 0.05) is 78.1 Å². The van der Waals surface area contributed by atoms with Crippen molar-refractivity contribution < 1.29 is 66.3 Å². The molecule has 0 aliphatic heterocycles. The van der Waals surface area contributed by atoms with Crippen LogP contribution >= 0.6 is 0 Å². The molecule has 8 aromatic carbocycles. The van der Waals surface area contributed by atoms with Crippen LogP contribution in [0.4, 0.5) is 11.4 Å². The third kappa shape index (κ3) is 9.61. The molecule has 0 radical (unpaired) electrons. The molecule has 77 heavy (non-hydrogen) atoms. The number of ketones is 1. The maximum Gasteiger partial charge on any atom is 0.295 e. The zero-order valence-electron chi connectivity index (χ0n) is 39.3. The lowest BCUT2D eigenvalue weighted by molar-refractivity contribution is -0.117. The summed E-state index contributed by atoms with van der Waals surface area (Å²) in [6.45, 7) is 1.43. The van der Waals surface area contributed by atoms with E-state index >= 15 is 0 Å². The quantitative estimate of drug-likeness (QED) is 0.0445. The number of Topliss-reactive ketones (excluding diaryl/α,β-unsaturated/α-hetero) is 1. The van der Waals surface area contributed by atoms with E-state index in [0.717, 1.165) is 42.5 Å². The van der Waals surface area contributed by atoms with E-state index in [9.17, 15) is 75.9 Å². The smallest absolute Gasteiger partial charge is 0.295 e. The number of benzene rings is 8. The number of H-pyrrole nitrogens is 2. The number of carbonyl (C=O) groups is 3. The lowest BCUT2D eigenvalue weighted by Gasteiger charge is -2.16. The number of aromatic nitrogens is 2. The summed E-state index contributed by atoms with van der Waals surface area (Å²) in [5.41, 5.74) is -0.220. The van der Waals surface area contributed by atoms with Crippen molar-refractivity contribution in [2.24, 2.45) is 0 Å². The van der Waals surface area contributed by atoms with E-state index in [1.807, 2.05) is 0 Å². The van der Waals surface area contributed by atoms with E-state index < -0.39 is 93.8 Å². The van der Waals surface area contributed by atoms with Crippen LogP contribution in [0.25, 0.3) is 64.9 Å². The second-order valence-electron chi connectivity index (χ2n) is 17.9. The second-order valence-corrected chi connectivity index (χ2v) is 23.5. The van der Waals surface area contributed by atoms with Crippen molar-refractivity contribution in [3.05, 3.63) is 176 Å². The van der Waals surface area contributed by atoms with E-state index in [4.69, 9.17) is 0 Å². The Balaban J connectivity index is 0.947. The highest BCUT2D eigenvalue weighted by Gasteiger charge is 2.27. The van der Waals surface area contributed by atoms with Gasteiger partial charge in [-0.2, -0.15) is 33.7 Å². The van der Waals surface area contributed by atoms with Crippen LogP contribution in [0.2, 0.25) is 0 Å². The van der Waals surface area contributed by atoms with Crippen LogP contribution < -0.4 is 21.8 Å². The summed E-state index contributed by atoms with van der Waals surface area (Å²) in [7, 11) is -19.9. The topological polar surface area (TPSA) is 358 Å². The zero-order valence-corrected chi connectivity index (χ0v) is 42.5. The molecule has 2 heterocycles. The summed E-state index contributed by atoms with van der Waals surface area (Å²) < 4.78 is 139. The number of aromatic amines is 2. The largest absolute Gasteiger partial charge is 0.321 e. The zero-order chi connectivity index (χ0) is 55.3. The number of nitrogens with one attached hydrogen (secondary N) is 4. The van der Waals surface area contributed by atoms with Gasteiger partial charge in [0.1, 0.15) is 25.4 Å². The van der Waals surface area contributed by atoms with E-state index in [0.29, 0.717) is 11.1 Å². The summed E-state index contributed by atoms with van der Waals surface area (Å²) >= 11 is 0. The van der Waals surface area contributed by atoms with E-state index in [-0.39, 0.29) is 101 Å². The molecule has 0 unspecified atom stereocenters. The Hall–Kier alpha value is -8.53. The molecule has 25 heteroatoms. The molecule has 0 aliphatic carbocycles. The van der Waals surface area contributed by atoms with Crippen molar-refractivity contribution in [2.45, 2.75) is 39.3 Å². The molecule has 2 amide bonds. The molecule has 0 fully saturated rings. The fourth-order valence-corrected chi connectivity index (χ4v) is 12.7. The average Bonchev–Trinajstić information content (AvgIpc) is 3.41. The molecule has 0 saturated heterocycles. The first-order valence-electron chi connectivity index (χ1n) is 22.5. The maximum absolute atomic E-state index is 14.2. The standard InChI is InChI=1S/C52H36N4O17S4/c1-25-19-36-42(75(65,66)67)18-16-40(48(36)44(20-25)77(71,72)73)56-50(59)33-7-3-9-38-46(33)30-14-12-27(24-35(30)52(61)54-38)22-28(57)21-26-11-13-29-34(23-26)51(60)53-37-8-2-6-32(45(29)37)49(58)55-39-15-17-41(74(62,63)64)31-5-4-10-43(47(31)39)76(68,69)70/h2-20,23-24H,21-22H2,1H3,(H,53,60)(H,54,61)(H,55,58)(H,56,59)(H,62,63,64)(H,65,66,67)(H,68,69,70)(H,71,72,73). The predicted octanol–water partition coefficient (Wildman–Crippen LogP) is 7.14. The molecular weight excluding hydrogens is 1080 g/mol. The highest BCUT2D eigenvalue weighted by atomic mass is 32.2. The number of pyridine rings is 2. The van der Waals surface area contributed by atoms with Crippen LogP contribution in [0.1, 0.15) is 37.4 Å². The van der Waals surface area contributed by atoms with Gasteiger partial charge in [-0.3, -0.25) is 42.2 Å². The lowest BCUT2D eigenvalue weighted by atomic mass is 9.95. The van der Waals surface area contributed by atoms with Gasteiger partial charge in [-0.1, -0.05) is 48.5 Å². The number of carbonyl (C=O) groups excluding carboxylic acids is 3. The highest BCUT2D eigenvalue weighted by Crippen LogP contribution is 2.38. The fraction of sp³-hybridized carbons (Fsp3) is 0.0577. The van der Waals surface area contributed by atoms with Gasteiger partial charge >= 0.3 is 0 Å². The first kappa shape index (κ1) is 51.9. The summed E-state index contributed by atoms with van der Waals surface area (Å²) in [5, 5.41) is 4.93. The number of hydrogen-bond acceptors (Lipinski definition) is 13. The lowest BCUT2D eigenvalue weighted by Crippen LogP contribution is -2.16. The SMILES string of the molecule is Cc1cc(S(=O)(=O)O)c2c(NC(=O)c3cccc4[nH]c(=O)c5cc(CC(=O)Cc6ccc7c(c6)c(=O)[nH]c6cccc(C(=O)Nc8ccc(S(=O)(=O)O)c9cccc(S(=O)(=O)O)c89)c67)ccc5c34)ccc(S(=O)(=O)O)c2c1. The van der Waals surface area contributed by atoms with Crippen LogP contribution in [0, 0.1) is 6.92 Å². The number of anilines is 2. The van der Waals surface area contributed by atoms with Crippen molar-refractivity contribution in [2.75, 3.05) is 10.6 Å². The Morgan fingerprint density at radius 2 is 0.857 bits per heavy atom. The number of amides is 2. The van der Waals surface area contributed by atoms with Crippen molar-refractivity contribution in [1.29, 1.82) is 0 Å². The molecule has 0 spiro atoms. The predicted molar refractivity (Wildman–Crippen MR) is 284 cm³/mol. The molecule has 10 aromatic rings. The Kier molecular flexibility index (Phi) is 12.6. The van der Waals surface area contributed by atoms with Crippen LogP contribution in [0.5, 0.6) is 0 Å². The summed E-state index contributed by atoms with van der Waals surface area (Å²) in [4.78, 5) is 71.7. The van der Waals surface area contributed by atoms with Crippen molar-refractivity contribution in [3.63, 3.8) is 0 Å². The van der Waals surface area contributed by atoms with Crippen LogP contribution in [0.3, 0.4) is 0 Å². The summed E-state index contributed by atoms with van der Waals surface area (Å²) in [6, 6.07) is 27.7. The van der Waals surface area contributed by atoms with Crippen molar-refractivity contribution >= 4 is 134 Å². The minimum atomic E-state index is -5.03. The Labute approximate surface area is 434 Å². The monoisotopic (exact) mass is 1120 g/mol. The molecule has 0 bridgehead atoms. The van der Waals surface area contributed by atoms with E-state index in [2.05, 4.69) is 20.6 Å². The van der Waals surface area contributed by atoms with Gasteiger partial charge in [-0.15, -0.1) is 0 Å². The van der Waals surface area contributed by atoms with Gasteiger partial charge in [0.2, 0.25) is 0 Å². The molecule has 390 valence electrons. The molecule has 8 N–H and O–H groups in total. The third-order valence-corrected chi connectivity index (χ3v) is 16.5. The van der Waals surface area contributed by atoms with E-state index in [1.54, 1.807) is 24.3 Å². The number of rotatable bonds is 12. The molecular formula is C52H36N4O17S4. The fourth-order valence-electron chi connectivity index (χ4n) is 9.74. The van der Waals surface area contributed by atoms with Crippen LogP contribution in [0.15, 0.2) is 157 Å². The first-order valence-corrected chi connectivity index (χ1v) is 28.3. The van der Waals surface area contributed by atoms with Gasteiger partial charge in [0.05, 0.1) is 11.4 Å². The van der Waals surface area contributed by atoms with Gasteiger partial charge in [0.15, 0.2) is 0 Å². The van der Waals surface area contributed by atoms with Gasteiger partial charge in [-0.25, -0.2) is 0 Å². The Morgan fingerprint density at radius 3 is 1.31 bits per heavy atom. The first-order chi connectivity index (χ1) is 36.2.